The molecule has 0 bridgehead atoms. The van der Waals surface area contributed by atoms with Gasteiger partial charge in [0.2, 0.25) is 11.1 Å². The molecule has 0 radical (unpaired) electrons. The third kappa shape index (κ3) is 5.66. The lowest BCUT2D eigenvalue weighted by Gasteiger charge is -2.06. The molecule has 0 atom stereocenters. The molecule has 0 saturated heterocycles. The molecule has 4 N–H and O–H groups in total. The summed E-state index contributed by atoms with van der Waals surface area (Å²) in [5.41, 5.74) is 4.83. The zero-order valence-electron chi connectivity index (χ0n) is 15.6. The zero-order chi connectivity index (χ0) is 20.6. The molecule has 1 amide bonds. The second kappa shape index (κ2) is 9.51. The Balaban J connectivity index is 1.51. The van der Waals surface area contributed by atoms with Gasteiger partial charge in [0.15, 0.2) is 5.78 Å². The topological polar surface area (TPSA) is 127 Å². The van der Waals surface area contributed by atoms with E-state index in [9.17, 15) is 9.59 Å². The van der Waals surface area contributed by atoms with Crippen molar-refractivity contribution in [2.45, 2.75) is 12.1 Å². The van der Waals surface area contributed by atoms with Crippen molar-refractivity contribution in [3.05, 3.63) is 65.7 Å². The molecule has 0 aliphatic heterocycles. The minimum absolute atomic E-state index is 0.0294. The molecular formula is C19H19N7O2S. The van der Waals surface area contributed by atoms with E-state index in [0.717, 1.165) is 17.3 Å². The number of hydrazone groups is 1. The summed E-state index contributed by atoms with van der Waals surface area (Å²) in [6.07, 6.45) is 1.63. The van der Waals surface area contributed by atoms with Crippen molar-refractivity contribution in [1.82, 2.24) is 14.9 Å². The van der Waals surface area contributed by atoms with Crippen LogP contribution in [0.25, 0.3) is 0 Å². The lowest BCUT2D eigenvalue weighted by atomic mass is 10.1. The van der Waals surface area contributed by atoms with Crippen LogP contribution in [0.1, 0.15) is 22.8 Å². The number of amides is 1. The molecule has 9 nitrogen and oxygen atoms in total. The highest BCUT2D eigenvalue weighted by Gasteiger charge is 2.12. The molecule has 1 heterocycles. The fourth-order valence-electron chi connectivity index (χ4n) is 2.27. The molecule has 0 aliphatic carbocycles. The summed E-state index contributed by atoms with van der Waals surface area (Å²) in [7, 11) is 0. The van der Waals surface area contributed by atoms with E-state index in [0.29, 0.717) is 16.4 Å². The molecule has 29 heavy (non-hydrogen) atoms. The van der Waals surface area contributed by atoms with Gasteiger partial charge in [0.25, 0.3) is 5.95 Å². The maximum absolute atomic E-state index is 12.1. The van der Waals surface area contributed by atoms with E-state index in [4.69, 9.17) is 5.84 Å². The van der Waals surface area contributed by atoms with Crippen molar-refractivity contribution in [2.75, 3.05) is 22.3 Å². The second-order valence-corrected chi connectivity index (χ2v) is 6.87. The van der Waals surface area contributed by atoms with Crippen molar-refractivity contribution in [1.29, 1.82) is 0 Å². The molecule has 1 aromatic heterocycles. The van der Waals surface area contributed by atoms with E-state index in [1.54, 1.807) is 30.5 Å². The van der Waals surface area contributed by atoms with E-state index in [-0.39, 0.29) is 23.4 Å². The Morgan fingerprint density at radius 3 is 2.55 bits per heavy atom. The average Bonchev–Trinajstić information content (AvgIpc) is 3.07. The molecule has 0 unspecified atom stereocenters. The van der Waals surface area contributed by atoms with Crippen LogP contribution in [0.3, 0.4) is 0 Å². The van der Waals surface area contributed by atoms with E-state index in [1.165, 1.54) is 11.6 Å². The molecule has 2 aromatic carbocycles. The van der Waals surface area contributed by atoms with Gasteiger partial charge in [-0.05, 0) is 36.8 Å². The number of hydrogen-bond acceptors (Lipinski definition) is 8. The van der Waals surface area contributed by atoms with Gasteiger partial charge in [-0.2, -0.15) is 5.10 Å². The molecule has 0 aliphatic rings. The Morgan fingerprint density at radius 2 is 1.86 bits per heavy atom. The summed E-state index contributed by atoms with van der Waals surface area (Å²) >= 11 is 1.14. The number of ketones is 1. The number of nitrogens with two attached hydrogens (primary N) is 1. The first-order valence-corrected chi connectivity index (χ1v) is 9.60. The predicted molar refractivity (Wildman–Crippen MR) is 114 cm³/mol. The summed E-state index contributed by atoms with van der Waals surface area (Å²) < 4.78 is 1.22. The van der Waals surface area contributed by atoms with Crippen LogP contribution in [0, 0.1) is 0 Å². The number of hydrogen-bond donors (Lipinski definition) is 3. The van der Waals surface area contributed by atoms with Crippen LogP contribution in [0.4, 0.5) is 11.6 Å². The third-order valence-corrected chi connectivity index (χ3v) is 4.69. The minimum atomic E-state index is -0.231. The number of Topliss-reactive ketones (excluding diaryl/α,β-unsaturated/α-hetero) is 1. The van der Waals surface area contributed by atoms with E-state index < -0.39 is 0 Å². The zero-order valence-corrected chi connectivity index (χ0v) is 16.4. The van der Waals surface area contributed by atoms with Crippen molar-refractivity contribution in [3.63, 3.8) is 0 Å². The number of rotatable bonds is 8. The highest BCUT2D eigenvalue weighted by atomic mass is 32.2. The van der Waals surface area contributed by atoms with Gasteiger partial charge in [0.1, 0.15) is 0 Å². The Kier molecular flexibility index (Phi) is 6.59. The van der Waals surface area contributed by atoms with Gasteiger partial charge in [-0.25, -0.2) is 10.1 Å². The van der Waals surface area contributed by atoms with Gasteiger partial charge in [-0.3, -0.25) is 9.59 Å². The third-order valence-electron chi connectivity index (χ3n) is 3.75. The fraction of sp³-hybridized carbons (Fsp3) is 0.105. The molecular weight excluding hydrogens is 390 g/mol. The summed E-state index contributed by atoms with van der Waals surface area (Å²) in [6, 6.07) is 16.2. The van der Waals surface area contributed by atoms with Gasteiger partial charge in [-0.1, -0.05) is 42.1 Å². The molecule has 3 rings (SSSR count). The summed E-state index contributed by atoms with van der Waals surface area (Å²) in [5.74, 6) is 6.02. The largest absolute Gasteiger partial charge is 0.334 e. The van der Waals surface area contributed by atoms with Gasteiger partial charge in [0.05, 0.1) is 12.0 Å². The van der Waals surface area contributed by atoms with Crippen LogP contribution in [-0.4, -0.2) is 38.5 Å². The Hall–Kier alpha value is -3.66. The standard InChI is InChI=1S/C19H19N7O2S/c1-13(27)15-7-9-16(10-8-15)22-17(28)12-29-19-25-24-18(26(19)20)23-21-11-14-5-3-2-4-6-14/h2-11H,12,20H2,1H3,(H,22,28)(H,23,24)/b21-11+. The van der Waals surface area contributed by atoms with Crippen molar-refractivity contribution in [2.24, 2.45) is 5.10 Å². The normalized spacial score (nSPS) is 10.8. The summed E-state index contributed by atoms with van der Waals surface area (Å²) in [4.78, 5) is 23.4. The SMILES string of the molecule is CC(=O)c1ccc(NC(=O)CSc2nnc(N/N=C/c3ccccc3)n2N)cc1. The van der Waals surface area contributed by atoms with Crippen LogP contribution in [0.15, 0.2) is 64.9 Å². The number of benzene rings is 2. The molecule has 10 heteroatoms. The van der Waals surface area contributed by atoms with E-state index >= 15 is 0 Å². The number of thioether (sulfide) groups is 1. The van der Waals surface area contributed by atoms with Crippen molar-refractivity contribution < 1.29 is 9.59 Å². The monoisotopic (exact) mass is 409 g/mol. The van der Waals surface area contributed by atoms with Crippen LogP contribution < -0.4 is 16.6 Å². The predicted octanol–water partition coefficient (Wildman–Crippen LogP) is 2.37. The number of nitrogen functional groups attached to an aromatic ring is 1. The van der Waals surface area contributed by atoms with Gasteiger partial charge in [-0.15, -0.1) is 10.2 Å². The van der Waals surface area contributed by atoms with Gasteiger partial charge >= 0.3 is 0 Å². The Bertz CT molecular complexity index is 1020. The lowest BCUT2D eigenvalue weighted by Crippen LogP contribution is -2.17. The number of carbonyl (C=O) groups is 2. The average molecular weight is 409 g/mol. The number of aromatic nitrogens is 3. The minimum Gasteiger partial charge on any atom is -0.334 e. The maximum Gasteiger partial charge on any atom is 0.264 e. The number of anilines is 2. The first-order chi connectivity index (χ1) is 14.0. The highest BCUT2D eigenvalue weighted by Crippen LogP contribution is 2.17. The van der Waals surface area contributed by atoms with Crippen LogP contribution in [0.5, 0.6) is 0 Å². The van der Waals surface area contributed by atoms with Gasteiger partial charge in [0, 0.05) is 11.3 Å². The van der Waals surface area contributed by atoms with Crippen LogP contribution >= 0.6 is 11.8 Å². The maximum atomic E-state index is 12.1. The molecule has 0 spiro atoms. The molecule has 0 saturated carbocycles. The van der Waals surface area contributed by atoms with E-state index in [2.05, 4.69) is 26.0 Å². The van der Waals surface area contributed by atoms with Crippen LogP contribution in [0.2, 0.25) is 0 Å². The summed E-state index contributed by atoms with van der Waals surface area (Å²) in [5, 5.41) is 15.0. The van der Waals surface area contributed by atoms with E-state index in [1.807, 2.05) is 30.3 Å². The smallest absolute Gasteiger partial charge is 0.264 e. The quantitative estimate of drug-likeness (QED) is 0.171. The first-order valence-electron chi connectivity index (χ1n) is 8.61. The van der Waals surface area contributed by atoms with Gasteiger partial charge < -0.3 is 11.2 Å². The molecule has 148 valence electrons. The highest BCUT2D eigenvalue weighted by molar-refractivity contribution is 7.99. The van der Waals surface area contributed by atoms with Crippen LogP contribution in [-0.2, 0) is 4.79 Å². The lowest BCUT2D eigenvalue weighted by molar-refractivity contribution is -0.113. The molecule has 0 fully saturated rings. The fourth-order valence-corrected chi connectivity index (χ4v) is 2.93. The second-order valence-electron chi connectivity index (χ2n) is 5.93. The Morgan fingerprint density at radius 1 is 1.14 bits per heavy atom. The molecule has 3 aromatic rings. The first kappa shape index (κ1) is 20.1. The van der Waals surface area contributed by atoms with Crippen molar-refractivity contribution in [3.8, 4) is 0 Å². The summed E-state index contributed by atoms with van der Waals surface area (Å²) in [6.45, 7) is 1.49. The number of nitrogens with zero attached hydrogens (tertiary/aromatic N) is 4. The number of nitrogens with one attached hydrogen (secondary N) is 2. The van der Waals surface area contributed by atoms with Crippen molar-refractivity contribution >= 4 is 41.3 Å². The Labute approximate surface area is 171 Å². The number of carbonyl (C=O) groups excluding carboxylic acids is 2.